The van der Waals surface area contributed by atoms with E-state index in [2.05, 4.69) is 15.5 Å². The van der Waals surface area contributed by atoms with E-state index in [1.165, 1.54) is 0 Å². The second-order valence-electron chi connectivity index (χ2n) is 7.44. The highest BCUT2D eigenvalue weighted by molar-refractivity contribution is 6.30. The number of carbonyl (C=O) groups is 2. The zero-order valence-corrected chi connectivity index (χ0v) is 17.6. The van der Waals surface area contributed by atoms with Crippen molar-refractivity contribution in [1.29, 1.82) is 0 Å². The monoisotopic (exact) mass is 414 g/mol. The molecule has 0 aromatic heterocycles. The zero-order valence-electron chi connectivity index (χ0n) is 16.8. The fraction of sp³-hybridized carbons (Fsp3) is 0.364. The molecule has 6 nitrogen and oxygen atoms in total. The lowest BCUT2D eigenvalue weighted by Gasteiger charge is -2.36. The van der Waals surface area contributed by atoms with Crippen LogP contribution in [0.25, 0.3) is 0 Å². The quantitative estimate of drug-likeness (QED) is 0.786. The number of nitrogens with one attached hydrogen (secondary N) is 2. The smallest absolute Gasteiger partial charge is 0.315 e. The highest BCUT2D eigenvalue weighted by Gasteiger charge is 2.22. The molecule has 0 bridgehead atoms. The largest absolute Gasteiger partial charge is 0.368 e. The Bertz CT molecular complexity index is 846. The molecule has 1 heterocycles. The van der Waals surface area contributed by atoms with Crippen LogP contribution in [0.15, 0.2) is 48.5 Å². The van der Waals surface area contributed by atoms with Gasteiger partial charge in [0.15, 0.2) is 0 Å². The second-order valence-corrected chi connectivity index (χ2v) is 7.87. The van der Waals surface area contributed by atoms with Crippen molar-refractivity contribution in [3.8, 4) is 0 Å². The molecule has 1 aliphatic heterocycles. The number of rotatable bonds is 5. The van der Waals surface area contributed by atoms with E-state index in [-0.39, 0.29) is 18.0 Å². The minimum absolute atomic E-state index is 0.0350. The molecule has 2 N–H and O–H groups in total. The molecule has 0 unspecified atom stereocenters. The molecule has 0 radical (unpaired) electrons. The Morgan fingerprint density at radius 3 is 2.34 bits per heavy atom. The summed E-state index contributed by atoms with van der Waals surface area (Å²) in [6.07, 6.45) is 0. The lowest BCUT2D eigenvalue weighted by Crippen LogP contribution is -2.48. The maximum Gasteiger partial charge on any atom is 0.315 e. The molecule has 1 saturated heterocycles. The topological polar surface area (TPSA) is 64.7 Å². The summed E-state index contributed by atoms with van der Waals surface area (Å²) in [5.41, 5.74) is 2.70. The molecule has 3 amide bonds. The maximum absolute atomic E-state index is 12.8. The molecule has 1 fully saturated rings. The van der Waals surface area contributed by atoms with Crippen LogP contribution in [-0.2, 0) is 6.54 Å². The van der Waals surface area contributed by atoms with Gasteiger partial charge in [-0.3, -0.25) is 4.79 Å². The lowest BCUT2D eigenvalue weighted by molar-refractivity contribution is 0.0746. The van der Waals surface area contributed by atoms with Crippen LogP contribution in [0.1, 0.15) is 29.8 Å². The number of halogens is 1. The molecule has 2 aromatic rings. The summed E-state index contributed by atoms with van der Waals surface area (Å²) in [6.45, 7) is 7.14. The van der Waals surface area contributed by atoms with Crippen LogP contribution in [0, 0.1) is 0 Å². The van der Waals surface area contributed by atoms with Crippen molar-refractivity contribution in [2.75, 3.05) is 31.1 Å². The van der Waals surface area contributed by atoms with Gasteiger partial charge < -0.3 is 20.4 Å². The Kier molecular flexibility index (Phi) is 6.99. The van der Waals surface area contributed by atoms with Crippen molar-refractivity contribution < 1.29 is 9.59 Å². The summed E-state index contributed by atoms with van der Waals surface area (Å²) in [7, 11) is 0. The predicted octanol–water partition coefficient (Wildman–Crippen LogP) is 3.51. The molecule has 0 spiro atoms. The van der Waals surface area contributed by atoms with Crippen LogP contribution < -0.4 is 15.5 Å². The lowest BCUT2D eigenvalue weighted by atomic mass is 10.1. The van der Waals surface area contributed by atoms with Gasteiger partial charge in [-0.25, -0.2) is 4.79 Å². The van der Waals surface area contributed by atoms with Crippen LogP contribution >= 0.6 is 11.6 Å². The Balaban J connectivity index is 1.51. The number of amides is 3. The first-order valence-corrected chi connectivity index (χ1v) is 10.2. The molecular formula is C22H27ClN4O2. The second kappa shape index (κ2) is 9.65. The van der Waals surface area contributed by atoms with Crippen molar-refractivity contribution in [2.45, 2.75) is 26.4 Å². The van der Waals surface area contributed by atoms with Crippen molar-refractivity contribution in [3.63, 3.8) is 0 Å². The number of urea groups is 1. The number of nitrogens with zero attached hydrogens (tertiary/aromatic N) is 2. The van der Waals surface area contributed by atoms with Crippen molar-refractivity contribution >= 4 is 29.2 Å². The first kappa shape index (κ1) is 21.0. The van der Waals surface area contributed by atoms with E-state index in [1.807, 2.05) is 67.3 Å². The fourth-order valence-corrected chi connectivity index (χ4v) is 3.47. The number of hydrogen-bond acceptors (Lipinski definition) is 3. The SMILES string of the molecule is CC(C)NC(=O)NCc1ccc(C(=O)N2CCN(c3cccc(Cl)c3)CC2)cc1. The van der Waals surface area contributed by atoms with Gasteiger partial charge in [-0.05, 0) is 49.7 Å². The standard InChI is InChI=1S/C22H27ClN4O2/c1-16(2)25-22(29)24-15-17-6-8-18(9-7-17)21(28)27-12-10-26(11-13-27)20-5-3-4-19(23)14-20/h3-9,14,16H,10-13,15H2,1-2H3,(H2,24,25,29). The van der Waals surface area contributed by atoms with Gasteiger partial charge in [-0.2, -0.15) is 0 Å². The van der Waals surface area contributed by atoms with Crippen molar-refractivity contribution in [2.24, 2.45) is 0 Å². The zero-order chi connectivity index (χ0) is 20.8. The number of piperazine rings is 1. The summed E-state index contributed by atoms with van der Waals surface area (Å²) in [5.74, 6) is 0.0350. The predicted molar refractivity (Wildman–Crippen MR) is 117 cm³/mol. The van der Waals surface area contributed by atoms with Crippen LogP contribution in [0.3, 0.4) is 0 Å². The molecule has 2 aromatic carbocycles. The molecule has 154 valence electrons. The van der Waals surface area contributed by atoms with Gasteiger partial charge in [0.05, 0.1) is 0 Å². The number of carbonyl (C=O) groups excluding carboxylic acids is 2. The van der Waals surface area contributed by atoms with Gasteiger partial charge in [0.1, 0.15) is 0 Å². The molecule has 0 saturated carbocycles. The average molecular weight is 415 g/mol. The highest BCUT2D eigenvalue weighted by Crippen LogP contribution is 2.21. The molecule has 0 atom stereocenters. The molecule has 29 heavy (non-hydrogen) atoms. The van der Waals surface area contributed by atoms with Gasteiger partial charge >= 0.3 is 6.03 Å². The third-order valence-electron chi connectivity index (χ3n) is 4.81. The van der Waals surface area contributed by atoms with Crippen LogP contribution in [0.4, 0.5) is 10.5 Å². The minimum Gasteiger partial charge on any atom is -0.368 e. The Morgan fingerprint density at radius 1 is 1.03 bits per heavy atom. The third-order valence-corrected chi connectivity index (χ3v) is 5.05. The van der Waals surface area contributed by atoms with Gasteiger partial charge in [0.2, 0.25) is 0 Å². The summed E-state index contributed by atoms with van der Waals surface area (Å²) in [4.78, 5) is 28.6. The highest BCUT2D eigenvalue weighted by atomic mass is 35.5. The number of hydrogen-bond donors (Lipinski definition) is 2. The van der Waals surface area contributed by atoms with Crippen LogP contribution in [0.2, 0.25) is 5.02 Å². The minimum atomic E-state index is -0.197. The van der Waals surface area contributed by atoms with E-state index >= 15 is 0 Å². The summed E-state index contributed by atoms with van der Waals surface area (Å²) in [5, 5.41) is 6.31. The van der Waals surface area contributed by atoms with Crippen LogP contribution in [0.5, 0.6) is 0 Å². The maximum atomic E-state index is 12.8. The molecule has 0 aliphatic carbocycles. The first-order valence-electron chi connectivity index (χ1n) is 9.85. The van der Waals surface area contributed by atoms with E-state index in [4.69, 9.17) is 11.6 Å². The Morgan fingerprint density at radius 2 is 1.72 bits per heavy atom. The summed E-state index contributed by atoms with van der Waals surface area (Å²) >= 11 is 6.08. The summed E-state index contributed by atoms with van der Waals surface area (Å²) in [6, 6.07) is 15.1. The van der Waals surface area contributed by atoms with E-state index < -0.39 is 0 Å². The molecular weight excluding hydrogens is 388 g/mol. The third kappa shape index (κ3) is 5.87. The average Bonchev–Trinajstić information content (AvgIpc) is 2.72. The first-order chi connectivity index (χ1) is 13.9. The number of anilines is 1. The van der Waals surface area contributed by atoms with Gasteiger partial charge in [0, 0.05) is 55.0 Å². The van der Waals surface area contributed by atoms with Gasteiger partial charge in [0.25, 0.3) is 5.91 Å². The van der Waals surface area contributed by atoms with E-state index in [0.29, 0.717) is 25.2 Å². The Labute approximate surface area is 176 Å². The summed E-state index contributed by atoms with van der Waals surface area (Å²) < 4.78 is 0. The van der Waals surface area contributed by atoms with E-state index in [0.717, 1.165) is 29.4 Å². The van der Waals surface area contributed by atoms with Crippen molar-refractivity contribution in [3.05, 3.63) is 64.7 Å². The van der Waals surface area contributed by atoms with Gasteiger partial charge in [-0.1, -0.05) is 29.8 Å². The fourth-order valence-electron chi connectivity index (χ4n) is 3.28. The van der Waals surface area contributed by atoms with Crippen molar-refractivity contribution in [1.82, 2.24) is 15.5 Å². The number of benzene rings is 2. The van der Waals surface area contributed by atoms with E-state index in [9.17, 15) is 9.59 Å². The molecule has 3 rings (SSSR count). The van der Waals surface area contributed by atoms with Gasteiger partial charge in [-0.15, -0.1) is 0 Å². The van der Waals surface area contributed by atoms with Crippen LogP contribution in [-0.4, -0.2) is 49.1 Å². The molecule has 1 aliphatic rings. The molecule has 7 heteroatoms. The normalized spacial score (nSPS) is 14.1. The Hall–Kier alpha value is -2.73. The van der Waals surface area contributed by atoms with E-state index in [1.54, 1.807) is 0 Å².